The van der Waals surface area contributed by atoms with Gasteiger partial charge in [0.05, 0.1) is 0 Å². The van der Waals surface area contributed by atoms with Gasteiger partial charge in [-0.2, -0.15) is 0 Å². The second-order valence-corrected chi connectivity index (χ2v) is 5.41. The monoisotopic (exact) mass is 213 g/mol. The van der Waals surface area contributed by atoms with Gasteiger partial charge in [-0.25, -0.2) is 0 Å². The molecule has 0 aromatic carbocycles. The van der Waals surface area contributed by atoms with Crippen LogP contribution in [0.15, 0.2) is 0 Å². The summed E-state index contributed by atoms with van der Waals surface area (Å²) in [6.07, 6.45) is 3.96. The number of carbonyl (C=O) groups is 1. The molecule has 0 bridgehead atoms. The van der Waals surface area contributed by atoms with Crippen molar-refractivity contribution in [2.75, 3.05) is 13.2 Å². The van der Waals surface area contributed by atoms with E-state index in [2.05, 4.69) is 0 Å². The van der Waals surface area contributed by atoms with E-state index in [1.54, 1.807) is 0 Å². The first-order chi connectivity index (χ1) is 6.96. The first-order valence-electron chi connectivity index (χ1n) is 5.88. The van der Waals surface area contributed by atoms with E-state index < -0.39 is 0 Å². The Labute approximate surface area is 92.5 Å². The Morgan fingerprint density at radius 1 is 1.47 bits per heavy atom. The van der Waals surface area contributed by atoms with Crippen LogP contribution >= 0.6 is 0 Å². The van der Waals surface area contributed by atoms with Gasteiger partial charge in [-0.3, -0.25) is 4.79 Å². The number of nitrogens with zero attached hydrogens (tertiary/aromatic N) is 1. The fraction of sp³-hybridized carbons (Fsp3) is 0.917. The average molecular weight is 213 g/mol. The predicted molar refractivity (Wildman–Crippen MR) is 60.5 cm³/mol. The predicted octanol–water partition coefficient (Wildman–Crippen LogP) is 1.80. The highest BCUT2D eigenvalue weighted by Gasteiger charge is 2.34. The van der Waals surface area contributed by atoms with E-state index in [-0.39, 0.29) is 17.9 Å². The minimum absolute atomic E-state index is 0.230. The third-order valence-electron chi connectivity index (χ3n) is 2.98. The van der Waals surface area contributed by atoms with Gasteiger partial charge < -0.3 is 10.0 Å². The minimum atomic E-state index is -0.276. The Hall–Kier alpha value is -0.570. The van der Waals surface area contributed by atoms with Crippen molar-refractivity contribution in [3.8, 4) is 0 Å². The molecule has 1 heterocycles. The Kier molecular flexibility index (Phi) is 4.14. The normalized spacial score (nSPS) is 22.1. The Bertz CT molecular complexity index is 220. The molecule has 0 radical (unpaired) electrons. The Balaban J connectivity index is 2.56. The van der Waals surface area contributed by atoms with Crippen molar-refractivity contribution in [2.24, 2.45) is 5.41 Å². The molecule has 3 nitrogen and oxygen atoms in total. The second kappa shape index (κ2) is 4.97. The summed E-state index contributed by atoms with van der Waals surface area (Å²) < 4.78 is 0. The molecule has 0 saturated carbocycles. The number of amides is 1. The summed E-state index contributed by atoms with van der Waals surface area (Å²) in [4.78, 5) is 14.1. The molecule has 0 aromatic heterocycles. The maximum Gasteiger partial charge on any atom is 0.228 e. The van der Waals surface area contributed by atoms with E-state index >= 15 is 0 Å². The summed E-state index contributed by atoms with van der Waals surface area (Å²) in [7, 11) is 0. The number of likely N-dealkylation sites (tertiary alicyclic amines) is 1. The van der Waals surface area contributed by atoms with Crippen LogP contribution in [0, 0.1) is 5.41 Å². The van der Waals surface area contributed by atoms with Gasteiger partial charge in [0.2, 0.25) is 5.91 Å². The topological polar surface area (TPSA) is 40.5 Å². The summed E-state index contributed by atoms with van der Waals surface area (Å²) in [5.41, 5.74) is -0.276. The fourth-order valence-corrected chi connectivity index (χ4v) is 2.16. The summed E-state index contributed by atoms with van der Waals surface area (Å²) in [6, 6.07) is 0.365. The minimum Gasteiger partial charge on any atom is -0.396 e. The van der Waals surface area contributed by atoms with Crippen LogP contribution in [-0.4, -0.2) is 35.1 Å². The van der Waals surface area contributed by atoms with Gasteiger partial charge >= 0.3 is 0 Å². The SMILES string of the molecule is CC(C)(C)C(=O)N1CCC[C@@H]1CCCO. The largest absolute Gasteiger partial charge is 0.396 e. The molecule has 15 heavy (non-hydrogen) atoms. The van der Waals surface area contributed by atoms with Crippen LogP contribution in [0.2, 0.25) is 0 Å². The lowest BCUT2D eigenvalue weighted by Crippen LogP contribution is -2.42. The molecule has 1 fully saturated rings. The smallest absolute Gasteiger partial charge is 0.228 e. The maximum atomic E-state index is 12.1. The molecule has 88 valence electrons. The van der Waals surface area contributed by atoms with Crippen LogP contribution < -0.4 is 0 Å². The van der Waals surface area contributed by atoms with Crippen LogP contribution in [0.1, 0.15) is 46.5 Å². The summed E-state index contributed by atoms with van der Waals surface area (Å²) in [6.45, 7) is 7.03. The first-order valence-corrected chi connectivity index (χ1v) is 5.88. The third-order valence-corrected chi connectivity index (χ3v) is 2.98. The van der Waals surface area contributed by atoms with Crippen molar-refractivity contribution in [1.82, 2.24) is 4.90 Å². The van der Waals surface area contributed by atoms with Gasteiger partial charge in [0.25, 0.3) is 0 Å². The molecule has 1 aliphatic rings. The number of carbonyl (C=O) groups excluding carboxylic acids is 1. The summed E-state index contributed by atoms with van der Waals surface area (Å²) in [5.74, 6) is 0.253. The van der Waals surface area contributed by atoms with Crippen LogP contribution in [0.4, 0.5) is 0 Å². The van der Waals surface area contributed by atoms with Crippen molar-refractivity contribution in [3.05, 3.63) is 0 Å². The second-order valence-electron chi connectivity index (χ2n) is 5.41. The number of aliphatic hydroxyl groups excluding tert-OH is 1. The average Bonchev–Trinajstić information content (AvgIpc) is 2.59. The highest BCUT2D eigenvalue weighted by atomic mass is 16.3. The molecule has 0 unspecified atom stereocenters. The molecule has 1 aliphatic heterocycles. The molecule has 1 atom stereocenters. The van der Waals surface area contributed by atoms with Crippen LogP contribution in [-0.2, 0) is 4.79 Å². The van der Waals surface area contributed by atoms with Crippen molar-refractivity contribution < 1.29 is 9.90 Å². The standard InChI is InChI=1S/C12H23NO2/c1-12(2,3)11(15)13-8-4-6-10(13)7-5-9-14/h10,14H,4-9H2,1-3H3/t10-/m1/s1. The van der Waals surface area contributed by atoms with Crippen LogP contribution in [0.3, 0.4) is 0 Å². The zero-order valence-electron chi connectivity index (χ0n) is 10.1. The quantitative estimate of drug-likeness (QED) is 0.776. The highest BCUT2D eigenvalue weighted by Crippen LogP contribution is 2.27. The number of rotatable bonds is 3. The lowest BCUT2D eigenvalue weighted by Gasteiger charge is -2.30. The molecule has 0 aliphatic carbocycles. The van der Waals surface area contributed by atoms with E-state index in [1.807, 2.05) is 25.7 Å². The van der Waals surface area contributed by atoms with E-state index in [9.17, 15) is 4.79 Å². The number of hydrogen-bond donors (Lipinski definition) is 1. The van der Waals surface area contributed by atoms with Gasteiger partial charge in [-0.15, -0.1) is 0 Å². The van der Waals surface area contributed by atoms with E-state index in [0.717, 1.165) is 32.2 Å². The van der Waals surface area contributed by atoms with E-state index in [1.165, 1.54) is 0 Å². The third kappa shape index (κ3) is 3.20. The number of hydrogen-bond acceptors (Lipinski definition) is 2. The lowest BCUT2D eigenvalue weighted by molar-refractivity contribution is -0.140. The number of aliphatic hydroxyl groups is 1. The van der Waals surface area contributed by atoms with Crippen molar-refractivity contribution >= 4 is 5.91 Å². The fourth-order valence-electron chi connectivity index (χ4n) is 2.16. The van der Waals surface area contributed by atoms with Crippen LogP contribution in [0.5, 0.6) is 0 Å². The molecule has 1 N–H and O–H groups in total. The summed E-state index contributed by atoms with van der Waals surface area (Å²) in [5, 5.41) is 8.81. The maximum absolute atomic E-state index is 12.1. The molecular formula is C12H23NO2. The zero-order valence-corrected chi connectivity index (χ0v) is 10.1. The molecule has 1 saturated heterocycles. The van der Waals surface area contributed by atoms with E-state index in [0.29, 0.717) is 6.04 Å². The Morgan fingerprint density at radius 3 is 2.67 bits per heavy atom. The van der Waals surface area contributed by atoms with Crippen molar-refractivity contribution in [2.45, 2.75) is 52.5 Å². The molecule has 3 heteroatoms. The van der Waals surface area contributed by atoms with Crippen molar-refractivity contribution in [1.29, 1.82) is 0 Å². The van der Waals surface area contributed by atoms with E-state index in [4.69, 9.17) is 5.11 Å². The molecule has 0 spiro atoms. The molecular weight excluding hydrogens is 190 g/mol. The zero-order chi connectivity index (χ0) is 11.5. The summed E-state index contributed by atoms with van der Waals surface area (Å²) >= 11 is 0. The van der Waals surface area contributed by atoms with Gasteiger partial charge in [0, 0.05) is 24.6 Å². The lowest BCUT2D eigenvalue weighted by atomic mass is 9.94. The van der Waals surface area contributed by atoms with Crippen LogP contribution in [0.25, 0.3) is 0 Å². The van der Waals surface area contributed by atoms with Gasteiger partial charge in [0.1, 0.15) is 0 Å². The molecule has 1 rings (SSSR count). The van der Waals surface area contributed by atoms with Gasteiger partial charge in [-0.1, -0.05) is 20.8 Å². The van der Waals surface area contributed by atoms with Gasteiger partial charge in [0.15, 0.2) is 0 Å². The first kappa shape index (κ1) is 12.5. The highest BCUT2D eigenvalue weighted by molar-refractivity contribution is 5.82. The Morgan fingerprint density at radius 2 is 2.13 bits per heavy atom. The molecule has 1 amide bonds. The molecule has 0 aromatic rings. The van der Waals surface area contributed by atoms with Crippen molar-refractivity contribution in [3.63, 3.8) is 0 Å². The van der Waals surface area contributed by atoms with Gasteiger partial charge in [-0.05, 0) is 25.7 Å².